The van der Waals surface area contributed by atoms with E-state index in [0.717, 1.165) is 6.42 Å². The molecule has 0 aromatic rings. The Labute approximate surface area is 75.8 Å². The molecule has 0 heterocycles. The molecule has 3 N–H and O–H groups in total. The Kier molecular flexibility index (Phi) is 5.17. The Morgan fingerprint density at radius 1 is 1.54 bits per heavy atom. The summed E-state index contributed by atoms with van der Waals surface area (Å²) >= 11 is 0. The van der Waals surface area contributed by atoms with Gasteiger partial charge in [-0.2, -0.15) is 0 Å². The van der Waals surface area contributed by atoms with E-state index in [0.29, 0.717) is 6.42 Å². The van der Waals surface area contributed by atoms with Crippen LogP contribution in [-0.4, -0.2) is 27.0 Å². The van der Waals surface area contributed by atoms with Crippen LogP contribution in [0.25, 0.3) is 0 Å². The summed E-state index contributed by atoms with van der Waals surface area (Å²) in [6.07, 6.45) is -0.0110. The zero-order valence-corrected chi connectivity index (χ0v) is 8.11. The lowest BCUT2D eigenvalue weighted by Gasteiger charge is -2.12. The number of hydrogen-bond acceptors (Lipinski definition) is 3. The van der Waals surface area contributed by atoms with Crippen molar-refractivity contribution in [1.82, 2.24) is 0 Å². The maximum Gasteiger partial charge on any atom is 0.470 e. The molecule has 7 heteroatoms. The third kappa shape index (κ3) is 6.72. The molecule has 0 aliphatic carbocycles. The minimum absolute atomic E-state index is 0.108. The molecule has 0 amide bonds. The molecule has 1 unspecified atom stereocenters. The van der Waals surface area contributed by atoms with Crippen LogP contribution in [0.15, 0.2) is 0 Å². The summed E-state index contributed by atoms with van der Waals surface area (Å²) in [4.78, 5) is 27.1. The third-order valence-electron chi connectivity index (χ3n) is 1.36. The van der Waals surface area contributed by atoms with E-state index < -0.39 is 19.9 Å². The van der Waals surface area contributed by atoms with E-state index in [9.17, 15) is 9.36 Å². The molecule has 0 aromatic carbocycles. The van der Waals surface area contributed by atoms with Gasteiger partial charge < -0.3 is 14.9 Å². The second-order valence-corrected chi connectivity index (χ2v) is 3.76. The van der Waals surface area contributed by atoms with Crippen LogP contribution >= 0.6 is 7.82 Å². The number of hydrogen-bond donors (Lipinski definition) is 3. The Balaban J connectivity index is 4.11. The molecule has 1 atom stereocenters. The van der Waals surface area contributed by atoms with Gasteiger partial charge in [0.2, 0.25) is 0 Å². The highest BCUT2D eigenvalue weighted by atomic mass is 31.2. The van der Waals surface area contributed by atoms with Crippen molar-refractivity contribution < 1.29 is 28.8 Å². The van der Waals surface area contributed by atoms with Gasteiger partial charge >= 0.3 is 13.8 Å². The Morgan fingerprint density at radius 2 is 2.08 bits per heavy atom. The summed E-state index contributed by atoms with van der Waals surface area (Å²) in [5.74, 6) is -1.35. The van der Waals surface area contributed by atoms with Crippen LogP contribution in [0.4, 0.5) is 0 Å². The Hall–Kier alpha value is -0.420. The van der Waals surface area contributed by atoms with Gasteiger partial charge in [-0.3, -0.25) is 4.52 Å². The van der Waals surface area contributed by atoms with Crippen molar-refractivity contribution in [2.45, 2.75) is 32.3 Å². The number of phosphoric ester groups is 1. The molecular weight excluding hydrogens is 199 g/mol. The average molecular weight is 212 g/mol. The molecule has 13 heavy (non-hydrogen) atoms. The lowest BCUT2D eigenvalue weighted by Crippen LogP contribution is -2.22. The number of aliphatic carboxylic acids is 1. The summed E-state index contributed by atoms with van der Waals surface area (Å²) < 4.78 is 14.4. The van der Waals surface area contributed by atoms with Gasteiger partial charge in [0.15, 0.2) is 6.10 Å². The normalized spacial score (nSPS) is 14.1. The zero-order valence-electron chi connectivity index (χ0n) is 7.21. The first-order chi connectivity index (χ1) is 5.87. The zero-order chi connectivity index (χ0) is 10.5. The monoisotopic (exact) mass is 212 g/mol. The van der Waals surface area contributed by atoms with E-state index in [-0.39, 0.29) is 6.42 Å². The van der Waals surface area contributed by atoms with E-state index in [1.54, 1.807) is 0 Å². The van der Waals surface area contributed by atoms with Gasteiger partial charge in [-0.15, -0.1) is 0 Å². The van der Waals surface area contributed by atoms with Crippen molar-refractivity contribution in [2.75, 3.05) is 0 Å². The second kappa shape index (κ2) is 5.34. The number of unbranched alkanes of at least 4 members (excludes halogenated alkanes) is 1. The maximum atomic E-state index is 10.4. The third-order valence-corrected chi connectivity index (χ3v) is 1.89. The molecule has 0 spiro atoms. The van der Waals surface area contributed by atoms with Crippen LogP contribution in [0.5, 0.6) is 0 Å². The smallest absolute Gasteiger partial charge is 0.470 e. The fourth-order valence-corrected chi connectivity index (χ4v) is 1.30. The van der Waals surface area contributed by atoms with Crippen LogP contribution in [0.2, 0.25) is 0 Å². The summed E-state index contributed by atoms with van der Waals surface area (Å²) in [5.41, 5.74) is 0. The first kappa shape index (κ1) is 12.6. The van der Waals surface area contributed by atoms with Crippen LogP contribution in [-0.2, 0) is 13.9 Å². The van der Waals surface area contributed by atoms with Crippen molar-refractivity contribution in [3.05, 3.63) is 0 Å². The summed E-state index contributed by atoms with van der Waals surface area (Å²) in [5, 5.41) is 8.49. The summed E-state index contributed by atoms with van der Waals surface area (Å²) in [6, 6.07) is 0. The maximum absolute atomic E-state index is 10.4. The molecule has 0 aliphatic heterocycles. The predicted octanol–water partition coefficient (Wildman–Crippen LogP) is 0.739. The number of carboxylic acids is 1. The van der Waals surface area contributed by atoms with Gasteiger partial charge in [-0.25, -0.2) is 9.36 Å². The lowest BCUT2D eigenvalue weighted by molar-refractivity contribution is -0.146. The number of phosphoric acid groups is 1. The minimum atomic E-state index is -4.70. The summed E-state index contributed by atoms with van der Waals surface area (Å²) in [6.45, 7) is 1.84. The van der Waals surface area contributed by atoms with Gasteiger partial charge in [0.25, 0.3) is 0 Å². The fraction of sp³-hybridized carbons (Fsp3) is 0.833. The molecule has 0 saturated carbocycles. The molecule has 0 rings (SSSR count). The SMILES string of the molecule is CCCCC(OP(=O)(O)O)C(=O)O. The number of rotatable bonds is 6. The molecule has 78 valence electrons. The quantitative estimate of drug-likeness (QED) is 0.561. The number of carboxylic acid groups (broad SMARTS) is 1. The van der Waals surface area contributed by atoms with Crippen molar-refractivity contribution >= 4 is 13.8 Å². The molecule has 0 fully saturated rings. The van der Waals surface area contributed by atoms with Crippen molar-refractivity contribution in [3.8, 4) is 0 Å². The van der Waals surface area contributed by atoms with Gasteiger partial charge in [-0.1, -0.05) is 19.8 Å². The lowest BCUT2D eigenvalue weighted by atomic mass is 10.2. The molecule has 6 nitrogen and oxygen atoms in total. The molecular formula is C6H13O6P. The van der Waals surface area contributed by atoms with E-state index in [4.69, 9.17) is 14.9 Å². The van der Waals surface area contributed by atoms with Gasteiger partial charge in [0.1, 0.15) is 0 Å². The van der Waals surface area contributed by atoms with Gasteiger partial charge in [-0.05, 0) is 6.42 Å². The first-order valence-corrected chi connectivity index (χ1v) is 5.36. The highest BCUT2D eigenvalue weighted by Crippen LogP contribution is 2.38. The van der Waals surface area contributed by atoms with Crippen LogP contribution in [0, 0.1) is 0 Å². The molecule has 0 aliphatic rings. The first-order valence-electron chi connectivity index (χ1n) is 3.83. The molecule has 0 radical (unpaired) electrons. The molecule has 0 aromatic heterocycles. The number of carbonyl (C=O) groups is 1. The Bertz CT molecular complexity index is 209. The van der Waals surface area contributed by atoms with E-state index >= 15 is 0 Å². The van der Waals surface area contributed by atoms with Crippen molar-refractivity contribution in [2.24, 2.45) is 0 Å². The van der Waals surface area contributed by atoms with Gasteiger partial charge in [0.05, 0.1) is 0 Å². The topological polar surface area (TPSA) is 104 Å². The highest BCUT2D eigenvalue weighted by Gasteiger charge is 2.27. The molecule has 0 bridgehead atoms. The van der Waals surface area contributed by atoms with Crippen LogP contribution in [0.3, 0.4) is 0 Å². The van der Waals surface area contributed by atoms with E-state index in [1.807, 2.05) is 6.92 Å². The summed E-state index contributed by atoms with van der Waals surface area (Å²) in [7, 11) is -4.70. The van der Waals surface area contributed by atoms with Crippen LogP contribution in [0.1, 0.15) is 26.2 Å². The fourth-order valence-electron chi connectivity index (χ4n) is 0.777. The second-order valence-electron chi connectivity index (χ2n) is 2.57. The highest BCUT2D eigenvalue weighted by molar-refractivity contribution is 7.46. The molecule has 0 saturated heterocycles. The van der Waals surface area contributed by atoms with Crippen LogP contribution < -0.4 is 0 Å². The minimum Gasteiger partial charge on any atom is -0.479 e. The van der Waals surface area contributed by atoms with Gasteiger partial charge in [0, 0.05) is 0 Å². The largest absolute Gasteiger partial charge is 0.479 e. The predicted molar refractivity (Wildman–Crippen MR) is 44.1 cm³/mol. The Morgan fingerprint density at radius 3 is 2.38 bits per heavy atom. The van der Waals surface area contributed by atoms with Crippen molar-refractivity contribution in [3.63, 3.8) is 0 Å². The van der Waals surface area contributed by atoms with E-state index in [2.05, 4.69) is 4.52 Å². The standard InChI is InChI=1S/C6H13O6P/c1-2-3-4-5(6(7)8)12-13(9,10)11/h5H,2-4H2,1H3,(H,7,8)(H2,9,10,11). The van der Waals surface area contributed by atoms with E-state index in [1.165, 1.54) is 0 Å². The average Bonchev–Trinajstić information content (AvgIpc) is 1.95. The van der Waals surface area contributed by atoms with Crippen molar-refractivity contribution in [1.29, 1.82) is 0 Å².